The van der Waals surface area contributed by atoms with Gasteiger partial charge in [0.15, 0.2) is 0 Å². The molecule has 1 amide bonds. The molecule has 0 atom stereocenters. The van der Waals surface area contributed by atoms with Crippen LogP contribution in [0.1, 0.15) is 26.2 Å². The molecule has 1 aliphatic heterocycles. The highest BCUT2D eigenvalue weighted by Crippen LogP contribution is 2.21. The molecule has 0 aromatic rings. The van der Waals surface area contributed by atoms with Crippen molar-refractivity contribution >= 4 is 5.91 Å². The van der Waals surface area contributed by atoms with E-state index in [1.165, 1.54) is 0 Å². The van der Waals surface area contributed by atoms with Gasteiger partial charge in [-0.15, -0.1) is 0 Å². The third kappa shape index (κ3) is 3.87. The van der Waals surface area contributed by atoms with Gasteiger partial charge in [-0.1, -0.05) is 12.0 Å². The lowest BCUT2D eigenvalue weighted by Crippen LogP contribution is -2.61. The van der Waals surface area contributed by atoms with Gasteiger partial charge in [-0.05, 0) is 37.9 Å². The highest BCUT2D eigenvalue weighted by Gasteiger charge is 2.38. The lowest BCUT2D eigenvalue weighted by molar-refractivity contribution is -0.126. The summed E-state index contributed by atoms with van der Waals surface area (Å²) in [5.74, 6) is -0.276. The van der Waals surface area contributed by atoms with Crippen LogP contribution in [0.25, 0.3) is 10.4 Å². The number of nitrogens with two attached hydrogens (primary N) is 1. The van der Waals surface area contributed by atoms with E-state index in [2.05, 4.69) is 27.2 Å². The summed E-state index contributed by atoms with van der Waals surface area (Å²) in [6.07, 6.45) is 2.21. The van der Waals surface area contributed by atoms with E-state index in [1.54, 1.807) is 0 Å². The second kappa shape index (κ2) is 7.20. The monoisotopic (exact) mass is 254 g/mol. The predicted octanol–water partition coefficient (Wildman–Crippen LogP) is 0.616. The summed E-state index contributed by atoms with van der Waals surface area (Å²) in [7, 11) is 0. The molecule has 3 N–H and O–H groups in total. The molecule has 7 nitrogen and oxygen atoms in total. The number of nitrogens with one attached hydrogen (secondary N) is 1. The summed E-state index contributed by atoms with van der Waals surface area (Å²) in [5.41, 5.74) is 13.1. The minimum Gasteiger partial charge on any atom is -0.368 e. The number of amides is 1. The number of carbonyl (C=O) groups is 1. The minimum absolute atomic E-state index is 0.276. The molecule has 1 aliphatic rings. The number of azide groups is 1. The molecule has 0 unspecified atom stereocenters. The number of likely N-dealkylation sites (tertiary alicyclic amines) is 1. The molecule has 102 valence electrons. The number of carbonyl (C=O) groups excluding carboxylic acids is 1. The van der Waals surface area contributed by atoms with Crippen LogP contribution in [0.3, 0.4) is 0 Å². The molecule has 0 spiro atoms. The van der Waals surface area contributed by atoms with Crippen LogP contribution in [-0.2, 0) is 4.79 Å². The molecule has 7 heteroatoms. The first-order valence-corrected chi connectivity index (χ1v) is 6.43. The van der Waals surface area contributed by atoms with Gasteiger partial charge in [-0.25, -0.2) is 0 Å². The Hall–Kier alpha value is -1.30. The van der Waals surface area contributed by atoms with Gasteiger partial charge in [0.05, 0.1) is 0 Å². The first kappa shape index (κ1) is 14.8. The highest BCUT2D eigenvalue weighted by atomic mass is 16.1. The number of rotatable bonds is 7. The largest absolute Gasteiger partial charge is 0.368 e. The zero-order valence-corrected chi connectivity index (χ0v) is 10.9. The van der Waals surface area contributed by atoms with Crippen molar-refractivity contribution in [2.24, 2.45) is 10.8 Å². The Bertz CT molecular complexity index is 317. The van der Waals surface area contributed by atoms with Crippen LogP contribution < -0.4 is 11.1 Å². The Morgan fingerprint density at radius 1 is 1.56 bits per heavy atom. The van der Waals surface area contributed by atoms with Gasteiger partial charge < -0.3 is 16.0 Å². The minimum atomic E-state index is -0.581. The quantitative estimate of drug-likeness (QED) is 0.301. The van der Waals surface area contributed by atoms with Crippen molar-refractivity contribution in [3.05, 3.63) is 10.4 Å². The Morgan fingerprint density at radius 2 is 2.22 bits per heavy atom. The summed E-state index contributed by atoms with van der Waals surface area (Å²) < 4.78 is 0. The molecule has 0 bridgehead atoms. The molecule has 1 fully saturated rings. The number of hydrogen-bond acceptors (Lipinski definition) is 4. The molecule has 1 saturated heterocycles. The molecule has 0 aliphatic carbocycles. The summed E-state index contributed by atoms with van der Waals surface area (Å²) in [6, 6.07) is 0. The lowest BCUT2D eigenvalue weighted by atomic mass is 9.86. The van der Waals surface area contributed by atoms with Crippen LogP contribution >= 0.6 is 0 Å². The predicted molar refractivity (Wildman–Crippen MR) is 69.9 cm³/mol. The van der Waals surface area contributed by atoms with Crippen LogP contribution in [-0.4, -0.2) is 49.1 Å². The smallest absolute Gasteiger partial charge is 0.237 e. The molecule has 18 heavy (non-hydrogen) atoms. The average molecular weight is 254 g/mol. The summed E-state index contributed by atoms with van der Waals surface area (Å²) >= 11 is 0. The van der Waals surface area contributed by atoms with E-state index in [9.17, 15) is 4.79 Å². The van der Waals surface area contributed by atoms with Crippen molar-refractivity contribution in [2.75, 3.05) is 32.7 Å². The lowest BCUT2D eigenvalue weighted by Gasteiger charge is -2.40. The van der Waals surface area contributed by atoms with Gasteiger partial charge in [0.25, 0.3) is 0 Å². The fraction of sp³-hybridized carbons (Fsp3) is 0.909. The Morgan fingerprint density at radius 3 is 2.72 bits per heavy atom. The molecular formula is C11H22N6O. The second-order valence-corrected chi connectivity index (χ2v) is 4.62. The maximum absolute atomic E-state index is 11.7. The Kier molecular flexibility index (Phi) is 5.91. The standard InChI is InChI=1S/C11H22N6O/c1-2-17-8-4-11(5-9-17,10(12)18)14-6-3-7-15-16-13/h14H,2-9H2,1H3,(H2,12,18). The zero-order valence-electron chi connectivity index (χ0n) is 10.9. The van der Waals surface area contributed by atoms with Gasteiger partial charge in [0, 0.05) is 24.5 Å². The summed E-state index contributed by atoms with van der Waals surface area (Å²) in [5, 5.41) is 6.72. The molecule has 1 rings (SSSR count). The molecule has 1 heterocycles. The van der Waals surface area contributed by atoms with Crippen molar-refractivity contribution in [2.45, 2.75) is 31.7 Å². The van der Waals surface area contributed by atoms with Gasteiger partial charge in [0.2, 0.25) is 5.91 Å². The number of primary amides is 1. The average Bonchev–Trinajstić information content (AvgIpc) is 2.39. The van der Waals surface area contributed by atoms with Crippen LogP contribution in [0, 0.1) is 0 Å². The summed E-state index contributed by atoms with van der Waals surface area (Å²) in [4.78, 5) is 16.7. The Balaban J connectivity index is 2.44. The van der Waals surface area contributed by atoms with E-state index in [0.29, 0.717) is 13.1 Å². The van der Waals surface area contributed by atoms with Crippen molar-refractivity contribution in [3.63, 3.8) is 0 Å². The fourth-order valence-electron chi connectivity index (χ4n) is 2.28. The molecule has 0 aromatic carbocycles. The normalized spacial score (nSPS) is 19.2. The van der Waals surface area contributed by atoms with Crippen LogP contribution in [0.5, 0.6) is 0 Å². The van der Waals surface area contributed by atoms with E-state index in [4.69, 9.17) is 11.3 Å². The van der Waals surface area contributed by atoms with E-state index in [1.807, 2.05) is 0 Å². The van der Waals surface area contributed by atoms with Crippen LogP contribution in [0.15, 0.2) is 5.11 Å². The van der Waals surface area contributed by atoms with Crippen molar-refractivity contribution in [1.82, 2.24) is 10.2 Å². The van der Waals surface area contributed by atoms with Crippen LogP contribution in [0.2, 0.25) is 0 Å². The van der Waals surface area contributed by atoms with E-state index in [-0.39, 0.29) is 5.91 Å². The van der Waals surface area contributed by atoms with Gasteiger partial charge in [-0.2, -0.15) is 0 Å². The SMILES string of the molecule is CCN1CCC(NCCCN=[N+]=[N-])(C(N)=O)CC1. The zero-order chi connectivity index (χ0) is 13.4. The number of hydrogen-bond donors (Lipinski definition) is 2. The van der Waals surface area contributed by atoms with E-state index >= 15 is 0 Å². The molecule has 0 radical (unpaired) electrons. The third-order valence-corrected chi connectivity index (χ3v) is 3.59. The van der Waals surface area contributed by atoms with Gasteiger partial charge in [0.1, 0.15) is 5.54 Å². The summed E-state index contributed by atoms with van der Waals surface area (Å²) in [6.45, 7) is 6.00. The third-order valence-electron chi connectivity index (χ3n) is 3.59. The number of piperidine rings is 1. The van der Waals surface area contributed by atoms with Gasteiger partial charge in [-0.3, -0.25) is 4.79 Å². The van der Waals surface area contributed by atoms with Crippen molar-refractivity contribution in [3.8, 4) is 0 Å². The molecular weight excluding hydrogens is 232 g/mol. The fourth-order valence-corrected chi connectivity index (χ4v) is 2.28. The maximum atomic E-state index is 11.7. The van der Waals surface area contributed by atoms with Crippen LogP contribution in [0.4, 0.5) is 0 Å². The highest BCUT2D eigenvalue weighted by molar-refractivity contribution is 5.84. The van der Waals surface area contributed by atoms with Crippen molar-refractivity contribution in [1.29, 1.82) is 0 Å². The molecule has 0 saturated carbocycles. The first-order valence-electron chi connectivity index (χ1n) is 6.43. The van der Waals surface area contributed by atoms with E-state index in [0.717, 1.165) is 38.9 Å². The molecule has 0 aromatic heterocycles. The van der Waals surface area contributed by atoms with Gasteiger partial charge >= 0.3 is 0 Å². The second-order valence-electron chi connectivity index (χ2n) is 4.62. The first-order chi connectivity index (χ1) is 8.64. The van der Waals surface area contributed by atoms with E-state index < -0.39 is 5.54 Å². The topological polar surface area (TPSA) is 107 Å². The Labute approximate surface area is 107 Å². The van der Waals surface area contributed by atoms with Crippen molar-refractivity contribution < 1.29 is 4.79 Å². The number of nitrogens with zero attached hydrogens (tertiary/aromatic N) is 4. The maximum Gasteiger partial charge on any atom is 0.237 e.